The van der Waals surface area contributed by atoms with Crippen LogP contribution in [0.2, 0.25) is 0 Å². The van der Waals surface area contributed by atoms with E-state index in [2.05, 4.69) is 51.1 Å². The van der Waals surface area contributed by atoms with Gasteiger partial charge >= 0.3 is 0 Å². The molecule has 0 spiro atoms. The van der Waals surface area contributed by atoms with E-state index in [0.717, 1.165) is 42.1 Å². The second-order valence-electron chi connectivity index (χ2n) is 8.85. The molecule has 0 aromatic heterocycles. The Morgan fingerprint density at radius 1 is 1.04 bits per heavy atom. The first-order valence-electron chi connectivity index (χ1n) is 10.0. The standard InChI is InChI=1S/C24H30O2/c1-16-9-12-20-19(13-16)23-21(25)14-18(15-22(23)26-24(20,2)3)11-10-17-7-5-4-6-8-17/h4-8,14-16,19-20,25H,9-13H2,1-3H3/t16?,19-,20-/m1/s1. The van der Waals surface area contributed by atoms with Gasteiger partial charge in [0.25, 0.3) is 0 Å². The number of phenolic OH excluding ortho intramolecular Hbond substituents is 1. The average molecular weight is 351 g/mol. The zero-order valence-corrected chi connectivity index (χ0v) is 16.2. The van der Waals surface area contributed by atoms with E-state index in [4.69, 9.17) is 4.74 Å². The smallest absolute Gasteiger partial charge is 0.127 e. The number of aryl methyl sites for hydroxylation is 2. The van der Waals surface area contributed by atoms with E-state index in [1.807, 2.05) is 12.1 Å². The van der Waals surface area contributed by atoms with E-state index in [-0.39, 0.29) is 5.60 Å². The highest BCUT2D eigenvalue weighted by molar-refractivity contribution is 5.52. The molecule has 138 valence electrons. The summed E-state index contributed by atoms with van der Waals surface area (Å²) in [5.41, 5.74) is 3.38. The maximum absolute atomic E-state index is 10.8. The summed E-state index contributed by atoms with van der Waals surface area (Å²) in [5, 5.41) is 10.8. The predicted octanol–water partition coefficient (Wildman–Crippen LogP) is 5.87. The monoisotopic (exact) mass is 350 g/mol. The number of phenols is 1. The van der Waals surface area contributed by atoms with Crippen molar-refractivity contribution >= 4 is 0 Å². The third-order valence-corrected chi connectivity index (χ3v) is 6.47. The van der Waals surface area contributed by atoms with E-state index in [1.165, 1.54) is 18.4 Å². The van der Waals surface area contributed by atoms with Gasteiger partial charge in [0.1, 0.15) is 17.1 Å². The van der Waals surface area contributed by atoms with Crippen molar-refractivity contribution in [1.82, 2.24) is 0 Å². The summed E-state index contributed by atoms with van der Waals surface area (Å²) in [4.78, 5) is 0. The third kappa shape index (κ3) is 3.22. The number of aromatic hydroxyl groups is 1. The molecule has 1 saturated carbocycles. The Labute approximate surface area is 157 Å². The van der Waals surface area contributed by atoms with Crippen LogP contribution in [0.15, 0.2) is 42.5 Å². The van der Waals surface area contributed by atoms with Crippen molar-refractivity contribution in [2.24, 2.45) is 11.8 Å². The van der Waals surface area contributed by atoms with Gasteiger partial charge < -0.3 is 9.84 Å². The fourth-order valence-corrected chi connectivity index (χ4v) is 5.09. The highest BCUT2D eigenvalue weighted by Gasteiger charge is 2.47. The van der Waals surface area contributed by atoms with Crippen LogP contribution in [0.4, 0.5) is 0 Å². The second-order valence-corrected chi connectivity index (χ2v) is 8.85. The predicted molar refractivity (Wildman–Crippen MR) is 106 cm³/mol. The van der Waals surface area contributed by atoms with Gasteiger partial charge in [-0.15, -0.1) is 0 Å². The zero-order chi connectivity index (χ0) is 18.3. The molecular formula is C24H30O2. The van der Waals surface area contributed by atoms with Crippen molar-refractivity contribution in [2.75, 3.05) is 0 Å². The first kappa shape index (κ1) is 17.5. The number of benzene rings is 2. The van der Waals surface area contributed by atoms with Gasteiger partial charge in [-0.2, -0.15) is 0 Å². The van der Waals surface area contributed by atoms with E-state index in [1.54, 1.807) is 0 Å². The Morgan fingerprint density at radius 2 is 1.77 bits per heavy atom. The molecule has 2 aromatic rings. The molecule has 2 aliphatic rings. The van der Waals surface area contributed by atoms with Gasteiger partial charge in [0, 0.05) is 11.5 Å². The van der Waals surface area contributed by atoms with Crippen LogP contribution in [-0.2, 0) is 12.8 Å². The van der Waals surface area contributed by atoms with Gasteiger partial charge in [0.05, 0.1) is 0 Å². The second kappa shape index (κ2) is 6.64. The molecule has 1 unspecified atom stereocenters. The van der Waals surface area contributed by atoms with Crippen LogP contribution in [0.25, 0.3) is 0 Å². The molecule has 0 radical (unpaired) electrons. The first-order valence-corrected chi connectivity index (χ1v) is 10.0. The fourth-order valence-electron chi connectivity index (χ4n) is 5.09. The molecule has 0 amide bonds. The molecule has 1 fully saturated rings. The minimum Gasteiger partial charge on any atom is -0.508 e. The summed E-state index contributed by atoms with van der Waals surface area (Å²) in [6.45, 7) is 6.78. The van der Waals surface area contributed by atoms with Crippen molar-refractivity contribution in [1.29, 1.82) is 0 Å². The van der Waals surface area contributed by atoms with E-state index in [9.17, 15) is 5.11 Å². The van der Waals surface area contributed by atoms with Crippen LogP contribution in [0.3, 0.4) is 0 Å². The molecule has 2 nitrogen and oxygen atoms in total. The molecule has 2 aromatic carbocycles. The summed E-state index contributed by atoms with van der Waals surface area (Å²) in [7, 11) is 0. The largest absolute Gasteiger partial charge is 0.508 e. The number of rotatable bonds is 3. The highest BCUT2D eigenvalue weighted by atomic mass is 16.5. The van der Waals surface area contributed by atoms with Crippen LogP contribution in [0, 0.1) is 11.8 Å². The maximum Gasteiger partial charge on any atom is 0.127 e. The van der Waals surface area contributed by atoms with Crippen molar-refractivity contribution in [3.63, 3.8) is 0 Å². The minimum atomic E-state index is -0.164. The van der Waals surface area contributed by atoms with Crippen molar-refractivity contribution in [2.45, 2.75) is 64.4 Å². The van der Waals surface area contributed by atoms with Gasteiger partial charge in [-0.05, 0) is 74.6 Å². The van der Waals surface area contributed by atoms with Crippen LogP contribution in [-0.4, -0.2) is 10.7 Å². The van der Waals surface area contributed by atoms with Gasteiger partial charge in [0.2, 0.25) is 0 Å². The molecule has 1 aliphatic heterocycles. The molecule has 2 heteroatoms. The summed E-state index contributed by atoms with van der Waals surface area (Å²) in [5.74, 6) is 2.97. The quantitative estimate of drug-likeness (QED) is 0.750. The van der Waals surface area contributed by atoms with Crippen LogP contribution >= 0.6 is 0 Å². The SMILES string of the molecule is CC1CC[C@@H]2[C@@H](C1)c1c(O)cc(CCc3ccccc3)cc1OC2(C)C. The maximum atomic E-state index is 10.8. The van der Waals surface area contributed by atoms with Crippen LogP contribution in [0.1, 0.15) is 62.6 Å². The lowest BCUT2D eigenvalue weighted by molar-refractivity contribution is -0.0145. The molecule has 1 aliphatic carbocycles. The first-order chi connectivity index (χ1) is 12.4. The zero-order valence-electron chi connectivity index (χ0n) is 16.2. The molecular weight excluding hydrogens is 320 g/mol. The Kier molecular flexibility index (Phi) is 4.46. The number of hydrogen-bond acceptors (Lipinski definition) is 2. The molecule has 26 heavy (non-hydrogen) atoms. The lowest BCUT2D eigenvalue weighted by atomic mass is 9.64. The summed E-state index contributed by atoms with van der Waals surface area (Å²) in [6, 6.07) is 14.7. The van der Waals surface area contributed by atoms with Crippen LogP contribution in [0.5, 0.6) is 11.5 Å². The lowest BCUT2D eigenvalue weighted by Crippen LogP contribution is -2.46. The molecule has 4 rings (SSSR count). The van der Waals surface area contributed by atoms with E-state index < -0.39 is 0 Å². The highest BCUT2D eigenvalue weighted by Crippen LogP contribution is 2.55. The van der Waals surface area contributed by atoms with Gasteiger partial charge in [0.15, 0.2) is 0 Å². The molecule has 0 bridgehead atoms. The van der Waals surface area contributed by atoms with Crippen molar-refractivity contribution in [3.05, 3.63) is 59.2 Å². The lowest BCUT2D eigenvalue weighted by Gasteiger charge is -2.48. The van der Waals surface area contributed by atoms with Gasteiger partial charge in [-0.25, -0.2) is 0 Å². The van der Waals surface area contributed by atoms with E-state index >= 15 is 0 Å². The Bertz CT molecular complexity index is 778. The number of ether oxygens (including phenoxy) is 1. The molecule has 1 N–H and O–H groups in total. The molecule has 0 saturated heterocycles. The van der Waals surface area contributed by atoms with Gasteiger partial charge in [-0.1, -0.05) is 43.7 Å². The van der Waals surface area contributed by atoms with Crippen molar-refractivity contribution in [3.8, 4) is 11.5 Å². The van der Waals surface area contributed by atoms with Crippen molar-refractivity contribution < 1.29 is 9.84 Å². The Morgan fingerprint density at radius 3 is 2.54 bits per heavy atom. The topological polar surface area (TPSA) is 29.5 Å². The third-order valence-electron chi connectivity index (χ3n) is 6.47. The van der Waals surface area contributed by atoms with E-state index in [0.29, 0.717) is 17.6 Å². The molecule has 3 atom stereocenters. The number of fused-ring (bicyclic) bond motifs is 3. The van der Waals surface area contributed by atoms with Gasteiger partial charge in [-0.3, -0.25) is 0 Å². The fraction of sp³-hybridized carbons (Fsp3) is 0.500. The molecule has 1 heterocycles. The average Bonchev–Trinajstić information content (AvgIpc) is 2.59. The normalized spacial score (nSPS) is 26.5. The Hall–Kier alpha value is -1.96. The summed E-state index contributed by atoms with van der Waals surface area (Å²) < 4.78 is 6.44. The Balaban J connectivity index is 1.63. The summed E-state index contributed by atoms with van der Waals surface area (Å²) >= 11 is 0. The minimum absolute atomic E-state index is 0.164. The van der Waals surface area contributed by atoms with Crippen LogP contribution < -0.4 is 4.74 Å². The number of hydrogen-bond donors (Lipinski definition) is 1. The summed E-state index contributed by atoms with van der Waals surface area (Å²) in [6.07, 6.45) is 5.50.